The summed E-state index contributed by atoms with van der Waals surface area (Å²) in [4.78, 5) is 0. The lowest BCUT2D eigenvalue weighted by molar-refractivity contribution is 0.549. The van der Waals surface area contributed by atoms with Crippen LogP contribution in [0.4, 0.5) is 0 Å². The molecule has 0 radical (unpaired) electrons. The van der Waals surface area contributed by atoms with Crippen molar-refractivity contribution in [2.45, 2.75) is 19.4 Å². The second kappa shape index (κ2) is 7.60. The predicted octanol–water partition coefficient (Wildman–Crippen LogP) is 5.76. The Morgan fingerprint density at radius 3 is 2.55 bits per heavy atom. The third kappa shape index (κ3) is 4.32. The summed E-state index contributed by atoms with van der Waals surface area (Å²) in [5, 5.41) is 4.28. The molecule has 1 N–H and O–H groups in total. The van der Waals surface area contributed by atoms with E-state index in [1.807, 2.05) is 18.2 Å². The molecule has 2 aromatic rings. The van der Waals surface area contributed by atoms with Gasteiger partial charge in [-0.3, -0.25) is 0 Å². The first-order valence-corrected chi connectivity index (χ1v) is 8.49. The van der Waals surface area contributed by atoms with Gasteiger partial charge in [0.1, 0.15) is 0 Å². The lowest BCUT2D eigenvalue weighted by Gasteiger charge is -2.20. The van der Waals surface area contributed by atoms with Gasteiger partial charge in [-0.15, -0.1) is 0 Å². The molecule has 0 saturated carbocycles. The van der Waals surface area contributed by atoms with Crippen molar-refractivity contribution in [3.8, 4) is 0 Å². The van der Waals surface area contributed by atoms with E-state index in [0.717, 1.165) is 26.9 Å². The number of hydrogen-bond donors (Lipinski definition) is 1. The standard InChI is InChI=1S/C16H16Br2ClN/c1-2-20-16(9-11-5-3-4-6-15(11)18)12-7-13(17)10-14(19)8-12/h3-8,10,16,20H,2,9H2,1H3. The van der Waals surface area contributed by atoms with Crippen molar-refractivity contribution in [3.05, 3.63) is 67.6 Å². The van der Waals surface area contributed by atoms with Crippen molar-refractivity contribution in [2.24, 2.45) is 0 Å². The third-order valence-electron chi connectivity index (χ3n) is 3.12. The molecule has 106 valence electrons. The SMILES string of the molecule is CCNC(Cc1ccccc1Br)c1cc(Cl)cc(Br)c1. The molecule has 1 unspecified atom stereocenters. The van der Waals surface area contributed by atoms with Crippen LogP contribution in [0, 0.1) is 0 Å². The summed E-state index contributed by atoms with van der Waals surface area (Å²) >= 11 is 13.3. The van der Waals surface area contributed by atoms with Crippen LogP contribution in [0.5, 0.6) is 0 Å². The highest BCUT2D eigenvalue weighted by atomic mass is 79.9. The molecule has 0 bridgehead atoms. The number of rotatable bonds is 5. The summed E-state index contributed by atoms with van der Waals surface area (Å²) in [6.45, 7) is 3.03. The average Bonchev–Trinajstić information content (AvgIpc) is 2.39. The Balaban J connectivity index is 2.29. The van der Waals surface area contributed by atoms with E-state index in [9.17, 15) is 0 Å². The third-order valence-corrected chi connectivity index (χ3v) is 4.57. The van der Waals surface area contributed by atoms with Crippen LogP contribution in [0.3, 0.4) is 0 Å². The van der Waals surface area contributed by atoms with Gasteiger partial charge in [0, 0.05) is 20.0 Å². The maximum atomic E-state index is 6.16. The van der Waals surface area contributed by atoms with Gasteiger partial charge in [-0.25, -0.2) is 0 Å². The van der Waals surface area contributed by atoms with Gasteiger partial charge < -0.3 is 5.32 Å². The van der Waals surface area contributed by atoms with Crippen molar-refractivity contribution in [3.63, 3.8) is 0 Å². The number of benzene rings is 2. The largest absolute Gasteiger partial charge is 0.310 e. The van der Waals surface area contributed by atoms with Crippen molar-refractivity contribution >= 4 is 43.5 Å². The molecule has 1 nitrogen and oxygen atoms in total. The van der Waals surface area contributed by atoms with E-state index in [1.165, 1.54) is 11.1 Å². The van der Waals surface area contributed by atoms with E-state index in [4.69, 9.17) is 11.6 Å². The Bertz CT molecular complexity index is 566. The Labute approximate surface area is 142 Å². The van der Waals surface area contributed by atoms with E-state index < -0.39 is 0 Å². The summed E-state index contributed by atoms with van der Waals surface area (Å²) in [5.74, 6) is 0. The van der Waals surface area contributed by atoms with Crippen LogP contribution in [-0.4, -0.2) is 6.54 Å². The molecule has 4 heteroatoms. The molecule has 0 fully saturated rings. The van der Waals surface area contributed by atoms with Gasteiger partial charge in [-0.05, 0) is 48.4 Å². The highest BCUT2D eigenvalue weighted by molar-refractivity contribution is 9.10. The Morgan fingerprint density at radius 1 is 1.15 bits per heavy atom. The van der Waals surface area contributed by atoms with Crippen LogP contribution in [0.15, 0.2) is 51.4 Å². The molecular weight excluding hydrogens is 401 g/mol. The number of hydrogen-bond acceptors (Lipinski definition) is 1. The van der Waals surface area contributed by atoms with Crippen LogP contribution in [0.25, 0.3) is 0 Å². The predicted molar refractivity (Wildman–Crippen MR) is 93.4 cm³/mol. The van der Waals surface area contributed by atoms with E-state index in [1.54, 1.807) is 0 Å². The zero-order chi connectivity index (χ0) is 14.5. The van der Waals surface area contributed by atoms with E-state index in [2.05, 4.69) is 68.4 Å². The lowest BCUT2D eigenvalue weighted by Crippen LogP contribution is -2.23. The average molecular weight is 418 g/mol. The Morgan fingerprint density at radius 2 is 1.90 bits per heavy atom. The van der Waals surface area contributed by atoms with Crippen molar-refractivity contribution in [1.29, 1.82) is 0 Å². The van der Waals surface area contributed by atoms with Crippen LogP contribution >= 0.6 is 43.5 Å². The van der Waals surface area contributed by atoms with Crippen molar-refractivity contribution in [2.75, 3.05) is 6.54 Å². The fourth-order valence-corrected chi connectivity index (χ4v) is 3.55. The van der Waals surface area contributed by atoms with Gasteiger partial charge in [0.15, 0.2) is 0 Å². The van der Waals surface area contributed by atoms with Crippen LogP contribution < -0.4 is 5.32 Å². The molecule has 0 heterocycles. The van der Waals surface area contributed by atoms with E-state index >= 15 is 0 Å². The summed E-state index contributed by atoms with van der Waals surface area (Å²) in [6.07, 6.45) is 0.919. The minimum atomic E-state index is 0.244. The molecule has 0 aromatic heterocycles. The zero-order valence-corrected chi connectivity index (χ0v) is 15.1. The highest BCUT2D eigenvalue weighted by Crippen LogP contribution is 2.28. The summed E-state index contributed by atoms with van der Waals surface area (Å²) in [7, 11) is 0. The van der Waals surface area contributed by atoms with Gasteiger partial charge in [0.05, 0.1) is 0 Å². The first kappa shape index (κ1) is 16.0. The van der Waals surface area contributed by atoms with Crippen LogP contribution in [0.2, 0.25) is 5.02 Å². The summed E-state index contributed by atoms with van der Waals surface area (Å²) < 4.78 is 2.15. The van der Waals surface area contributed by atoms with Crippen LogP contribution in [-0.2, 0) is 6.42 Å². The molecule has 0 spiro atoms. The molecule has 2 rings (SSSR count). The normalized spacial score (nSPS) is 12.4. The molecule has 0 aliphatic heterocycles. The minimum absolute atomic E-state index is 0.244. The maximum Gasteiger partial charge on any atom is 0.0420 e. The highest BCUT2D eigenvalue weighted by Gasteiger charge is 2.14. The number of halogens is 3. The molecule has 0 aliphatic carbocycles. The fraction of sp³-hybridized carbons (Fsp3) is 0.250. The Kier molecular flexibility index (Phi) is 6.09. The maximum absolute atomic E-state index is 6.16. The van der Waals surface area contributed by atoms with Gasteiger partial charge >= 0.3 is 0 Å². The fourth-order valence-electron chi connectivity index (χ4n) is 2.21. The van der Waals surface area contributed by atoms with E-state index in [-0.39, 0.29) is 6.04 Å². The second-order valence-electron chi connectivity index (χ2n) is 4.61. The minimum Gasteiger partial charge on any atom is -0.310 e. The number of likely N-dealkylation sites (N-methyl/N-ethyl adjacent to an activating group) is 1. The molecule has 0 amide bonds. The first-order chi connectivity index (χ1) is 9.60. The zero-order valence-electron chi connectivity index (χ0n) is 11.2. The van der Waals surface area contributed by atoms with E-state index in [0.29, 0.717) is 0 Å². The first-order valence-electron chi connectivity index (χ1n) is 6.53. The second-order valence-corrected chi connectivity index (χ2v) is 6.82. The summed E-state index contributed by atoms with van der Waals surface area (Å²) in [6, 6.07) is 14.6. The topological polar surface area (TPSA) is 12.0 Å². The van der Waals surface area contributed by atoms with Crippen molar-refractivity contribution in [1.82, 2.24) is 5.32 Å². The Hall–Kier alpha value is -0.350. The van der Waals surface area contributed by atoms with Gasteiger partial charge in [-0.1, -0.05) is 68.6 Å². The van der Waals surface area contributed by atoms with Crippen LogP contribution in [0.1, 0.15) is 24.1 Å². The molecule has 0 aliphatic rings. The quantitative estimate of drug-likeness (QED) is 0.652. The van der Waals surface area contributed by atoms with Gasteiger partial charge in [-0.2, -0.15) is 0 Å². The summed E-state index contributed by atoms with van der Waals surface area (Å²) in [5.41, 5.74) is 2.48. The van der Waals surface area contributed by atoms with Gasteiger partial charge in [0.25, 0.3) is 0 Å². The van der Waals surface area contributed by atoms with Gasteiger partial charge in [0.2, 0.25) is 0 Å². The number of nitrogens with one attached hydrogen (secondary N) is 1. The smallest absolute Gasteiger partial charge is 0.0420 e. The molecule has 2 aromatic carbocycles. The molecule has 1 atom stereocenters. The molecular formula is C16H16Br2ClN. The monoisotopic (exact) mass is 415 g/mol. The van der Waals surface area contributed by atoms with Crippen molar-refractivity contribution < 1.29 is 0 Å². The lowest BCUT2D eigenvalue weighted by atomic mass is 9.99. The molecule has 20 heavy (non-hydrogen) atoms. The molecule has 0 saturated heterocycles.